The third-order valence-corrected chi connectivity index (χ3v) is 18.8. The van der Waals surface area contributed by atoms with Crippen LogP contribution in [0, 0.1) is 47.3 Å². The summed E-state index contributed by atoms with van der Waals surface area (Å²) in [5, 5.41) is 2.48. The van der Waals surface area contributed by atoms with E-state index in [9.17, 15) is 0 Å². The van der Waals surface area contributed by atoms with E-state index in [0.717, 1.165) is 66.6 Å². The van der Waals surface area contributed by atoms with Gasteiger partial charge in [0, 0.05) is 78.1 Å². The molecule has 3 aromatic carbocycles. The first-order valence-corrected chi connectivity index (χ1v) is 39.6. The highest BCUT2D eigenvalue weighted by atomic mass is 32.1. The molecule has 0 spiro atoms. The van der Waals surface area contributed by atoms with E-state index < -0.39 is 0 Å². The number of piperazine rings is 1. The van der Waals surface area contributed by atoms with Gasteiger partial charge in [-0.3, -0.25) is 9.97 Å². The summed E-state index contributed by atoms with van der Waals surface area (Å²) in [7, 11) is 2.15. The normalized spacial score (nSPS) is 14.3. The van der Waals surface area contributed by atoms with Crippen molar-refractivity contribution in [1.29, 1.82) is 0 Å². The van der Waals surface area contributed by atoms with Crippen LogP contribution in [-0.4, -0.2) is 63.0 Å². The molecule has 4 aromatic heterocycles. The molecule has 2 aliphatic rings. The summed E-state index contributed by atoms with van der Waals surface area (Å²) in [5.41, 5.74) is 14.9. The maximum Gasteiger partial charge on any atom is 0.225 e. The fourth-order valence-corrected chi connectivity index (χ4v) is 11.8. The highest BCUT2D eigenvalue weighted by Gasteiger charge is 2.25. The van der Waals surface area contributed by atoms with Gasteiger partial charge < -0.3 is 9.80 Å². The molecule has 1 aliphatic heterocycles. The van der Waals surface area contributed by atoms with Crippen LogP contribution in [0.4, 0.5) is 5.95 Å². The van der Waals surface area contributed by atoms with E-state index in [1.165, 1.54) is 115 Å². The number of aromatic nitrogens is 5. The molecule has 100 heavy (non-hydrogen) atoms. The quantitative estimate of drug-likeness (QED) is 0.159. The Labute approximate surface area is 623 Å². The van der Waals surface area contributed by atoms with Crippen LogP contribution < -0.4 is 4.90 Å². The van der Waals surface area contributed by atoms with Crippen molar-refractivity contribution in [1.82, 2.24) is 29.8 Å². The molecule has 7 aromatic rings. The number of rotatable bonds is 5. The zero-order chi connectivity index (χ0) is 76.7. The summed E-state index contributed by atoms with van der Waals surface area (Å²) in [6.45, 7) is 78.1. The molecular weight excluding hydrogens is 1240 g/mol. The predicted molar refractivity (Wildman–Crippen MR) is 450 cm³/mol. The second-order valence-corrected chi connectivity index (χ2v) is 39.8. The molecule has 1 aliphatic carbocycles. The van der Waals surface area contributed by atoms with Crippen LogP contribution in [0.25, 0.3) is 21.0 Å². The number of likely N-dealkylation sites (N-methyl/N-ethyl adjacent to an activating group) is 1. The molecule has 0 N–H and O–H groups in total. The van der Waals surface area contributed by atoms with Crippen molar-refractivity contribution in [2.45, 2.75) is 333 Å². The molecule has 9 rings (SSSR count). The molecule has 0 unspecified atom stereocenters. The van der Waals surface area contributed by atoms with Gasteiger partial charge in [-0.25, -0.2) is 15.0 Å². The molecule has 0 bridgehead atoms. The summed E-state index contributed by atoms with van der Waals surface area (Å²) in [6.07, 6.45) is 22.7. The van der Waals surface area contributed by atoms with Crippen molar-refractivity contribution in [2.75, 3.05) is 38.1 Å². The van der Waals surface area contributed by atoms with E-state index in [1.54, 1.807) is 11.3 Å². The minimum Gasteiger partial charge on any atom is -0.338 e. The van der Waals surface area contributed by atoms with Gasteiger partial charge in [0.2, 0.25) is 5.95 Å². The Balaban J connectivity index is 0.000000570. The van der Waals surface area contributed by atoms with Crippen molar-refractivity contribution < 1.29 is 0 Å². The summed E-state index contributed by atoms with van der Waals surface area (Å²) < 4.78 is 1.28. The van der Waals surface area contributed by atoms with Crippen LogP contribution >= 0.6 is 11.3 Å². The lowest BCUT2D eigenvalue weighted by Crippen LogP contribution is -2.45. The molecule has 2 fully saturated rings. The molecule has 1 saturated heterocycles. The number of hydrogen-bond acceptors (Lipinski definition) is 8. The number of hydrogen-bond donors (Lipinski definition) is 0. The minimum absolute atomic E-state index is 0.126. The van der Waals surface area contributed by atoms with Crippen molar-refractivity contribution in [2.24, 2.45) is 33.5 Å². The van der Waals surface area contributed by atoms with Gasteiger partial charge >= 0.3 is 0 Å². The van der Waals surface area contributed by atoms with Gasteiger partial charge in [0.05, 0.1) is 15.7 Å². The Hall–Kier alpha value is -5.05. The van der Waals surface area contributed by atoms with Crippen LogP contribution in [0.5, 0.6) is 0 Å². The molecule has 0 atom stereocenters. The van der Waals surface area contributed by atoms with Crippen LogP contribution in [0.15, 0.2) is 115 Å². The number of benzene rings is 3. The average Bonchev–Trinajstić information content (AvgIpc) is 1.34. The van der Waals surface area contributed by atoms with Crippen molar-refractivity contribution in [3.63, 3.8) is 0 Å². The molecule has 1 saturated carbocycles. The average molecular weight is 1390 g/mol. The largest absolute Gasteiger partial charge is 0.338 e. The standard InChI is InChI=1S/C13H22N4.C13H15N.C11H13NS.C11H16.C11H22.C10H15N.C9H20.2C7H16/c1-13(2,3)11-9-14-12(15-10-11)17-7-5-16(4)6-8-17;1-13(2,3)12-8-10-6-4-5-7-11(10)9-14-12;1-11(2,3)8-4-5-9-10(6-8)13-7-12-9;1-9-5-7-10(8-6-9)11(2,3)4;1-11(2,3)10-8-6-4-5-7-9-10;1-8-6-5-7-9(11-8)10(2,3)4;1-8(2)6-7-9(3,4)5;2*1-5-6-7(2,3)4/h9-10H,5-8H2,1-4H3;4-9H,1-3H3;4-7H,1-3H3;5-8H,1-4H3;10H,4-9H2,1-3H3;5-7H,1-4H3;8H,6-7H2,1-5H3;2*5-6H2,1-4H3. The Morgan fingerprint density at radius 3 is 1.31 bits per heavy atom. The van der Waals surface area contributed by atoms with Crippen molar-refractivity contribution in [3.05, 3.63) is 154 Å². The number of nitrogens with zero attached hydrogens (tertiary/aromatic N) is 7. The minimum atomic E-state index is 0.126. The van der Waals surface area contributed by atoms with E-state index >= 15 is 0 Å². The second kappa shape index (κ2) is 42.7. The lowest BCUT2D eigenvalue weighted by Gasteiger charge is -2.32. The Morgan fingerprint density at radius 2 is 0.920 bits per heavy atom. The van der Waals surface area contributed by atoms with E-state index in [0.29, 0.717) is 21.7 Å². The fourth-order valence-electron chi connectivity index (χ4n) is 11.1. The van der Waals surface area contributed by atoms with Gasteiger partial charge in [-0.15, -0.1) is 11.3 Å². The zero-order valence-corrected chi connectivity index (χ0v) is 72.3. The van der Waals surface area contributed by atoms with E-state index in [1.807, 2.05) is 43.2 Å². The summed E-state index contributed by atoms with van der Waals surface area (Å²) >= 11 is 1.71. The smallest absolute Gasteiger partial charge is 0.225 e. The molecule has 0 radical (unpaired) electrons. The van der Waals surface area contributed by atoms with Crippen LogP contribution in [-0.2, 0) is 27.1 Å². The highest BCUT2D eigenvalue weighted by molar-refractivity contribution is 7.16. The van der Waals surface area contributed by atoms with Crippen LogP contribution in [0.3, 0.4) is 0 Å². The number of pyridine rings is 2. The highest BCUT2D eigenvalue weighted by Crippen LogP contribution is 2.37. The monoisotopic (exact) mass is 1390 g/mol. The predicted octanol–water partition coefficient (Wildman–Crippen LogP) is 27.8. The molecule has 8 heteroatoms. The van der Waals surface area contributed by atoms with Gasteiger partial charge in [-0.2, -0.15) is 0 Å². The molecule has 0 amide bonds. The van der Waals surface area contributed by atoms with Gasteiger partial charge in [0.25, 0.3) is 0 Å². The van der Waals surface area contributed by atoms with Gasteiger partial charge in [-0.05, 0) is 155 Å². The lowest BCUT2D eigenvalue weighted by atomic mass is 9.76. The number of aryl methyl sites for hydroxylation is 2. The lowest BCUT2D eigenvalue weighted by molar-refractivity contribution is 0.215. The molecular formula is C92H155N7S. The Morgan fingerprint density at radius 1 is 0.450 bits per heavy atom. The van der Waals surface area contributed by atoms with Crippen molar-refractivity contribution >= 4 is 38.3 Å². The number of fused-ring (bicyclic) bond motifs is 2. The van der Waals surface area contributed by atoms with Gasteiger partial charge in [-0.1, -0.05) is 326 Å². The van der Waals surface area contributed by atoms with Crippen molar-refractivity contribution in [3.8, 4) is 0 Å². The summed E-state index contributed by atoms with van der Waals surface area (Å²) in [4.78, 5) is 26.8. The first-order chi connectivity index (χ1) is 45.7. The Bertz CT molecular complexity index is 3240. The van der Waals surface area contributed by atoms with E-state index in [4.69, 9.17) is 0 Å². The Kier molecular flexibility index (Phi) is 39.7. The van der Waals surface area contributed by atoms with E-state index in [-0.39, 0.29) is 27.1 Å². The number of anilines is 1. The SMILES string of the molecule is CC(C)(C)C1CCCCCC1.CC(C)(C)c1cc2ccccc2cn1.CC(C)(C)c1ccc2ncsc2c1.CC(C)CCC(C)(C)C.CCCC(C)(C)C.CCCC(C)(C)C.CN1CCN(c2ncc(C(C)(C)C)cn2)CC1.Cc1ccc(C(C)(C)C)cc1.Cc1cccc(C(C)(C)C)n1. The molecule has 564 valence electrons. The molecule has 5 heterocycles. The maximum atomic E-state index is 4.49. The van der Waals surface area contributed by atoms with Crippen LogP contribution in [0.2, 0.25) is 0 Å². The summed E-state index contributed by atoms with van der Waals surface area (Å²) in [5.74, 6) is 2.72. The molecule has 7 nitrogen and oxygen atoms in total. The zero-order valence-electron chi connectivity index (χ0n) is 71.5. The van der Waals surface area contributed by atoms with E-state index in [2.05, 4.69) is 342 Å². The van der Waals surface area contributed by atoms with Crippen LogP contribution in [0.1, 0.15) is 331 Å². The third-order valence-electron chi connectivity index (χ3n) is 18.0. The first-order valence-electron chi connectivity index (χ1n) is 38.7. The summed E-state index contributed by atoms with van der Waals surface area (Å²) in [6, 6.07) is 31.9. The fraction of sp³-hybridized carbons (Fsp3) is 0.663. The third kappa shape index (κ3) is 41.9. The van der Waals surface area contributed by atoms with Gasteiger partial charge in [0.15, 0.2) is 0 Å². The first kappa shape index (κ1) is 93.0. The maximum absolute atomic E-state index is 4.49. The number of thiazole rings is 1. The second-order valence-electron chi connectivity index (χ2n) is 39.0. The topological polar surface area (TPSA) is 70.9 Å². The van der Waals surface area contributed by atoms with Gasteiger partial charge in [0.1, 0.15) is 0 Å².